The zero-order chi connectivity index (χ0) is 69.4. The van der Waals surface area contributed by atoms with Gasteiger partial charge in [0.15, 0.2) is 5.60 Å². The van der Waals surface area contributed by atoms with Gasteiger partial charge >= 0.3 is 23.9 Å². The molecule has 514 valence electrons. The number of nitrogens with one attached hydrogen (secondary N) is 2. The van der Waals surface area contributed by atoms with Gasteiger partial charge < -0.3 is 49.3 Å². The fraction of sp³-hybridized carbons (Fsp3) is 0.459. The topological polar surface area (TPSA) is 285 Å². The summed E-state index contributed by atoms with van der Waals surface area (Å²) in [5.41, 5.74) is -4.96. The van der Waals surface area contributed by atoms with Crippen LogP contribution < -0.4 is 15.4 Å². The van der Waals surface area contributed by atoms with E-state index < -0.39 is 130 Å². The number of aromatic nitrogens is 1. The fourth-order valence-corrected chi connectivity index (χ4v) is 16.9. The second-order valence-electron chi connectivity index (χ2n) is 26.4. The summed E-state index contributed by atoms with van der Waals surface area (Å²) >= 11 is 0. The van der Waals surface area contributed by atoms with Crippen molar-refractivity contribution < 1.29 is 77.0 Å². The first-order valence-electron chi connectivity index (χ1n) is 33.0. The predicted octanol–water partition coefficient (Wildman–Crippen LogP) is 9.79. The van der Waals surface area contributed by atoms with Crippen LogP contribution in [0.1, 0.15) is 138 Å². The number of carbonyl (C=O) groups excluding carboxylic acids is 8. The molecule has 4 aliphatic carbocycles. The van der Waals surface area contributed by atoms with Gasteiger partial charge in [-0.15, -0.1) is 0 Å². The number of hydrogen-bond acceptors (Lipinski definition) is 20. The molecule has 13 atom stereocenters. The average molecular weight is 1360 g/mol. The molecule has 1 saturated heterocycles. The Kier molecular flexibility index (Phi) is 22.6. The van der Waals surface area contributed by atoms with Crippen LogP contribution in [-0.2, 0) is 52.5 Å². The van der Waals surface area contributed by atoms with Crippen LogP contribution in [0.15, 0.2) is 161 Å². The van der Waals surface area contributed by atoms with Crippen molar-refractivity contribution in [3.8, 4) is 5.75 Å². The fourth-order valence-electron chi connectivity index (χ4n) is 15.1. The van der Waals surface area contributed by atoms with E-state index in [0.717, 1.165) is 10.8 Å². The van der Waals surface area contributed by atoms with Crippen LogP contribution in [0, 0.1) is 34.5 Å². The van der Waals surface area contributed by atoms with Crippen LogP contribution >= 0.6 is 21.6 Å². The number of pyridine rings is 1. The molecule has 21 nitrogen and oxygen atoms in total. The van der Waals surface area contributed by atoms with Crippen LogP contribution in [0.5, 0.6) is 5.75 Å². The minimum Gasteiger partial charge on any atom is -0.494 e. The summed E-state index contributed by atoms with van der Waals surface area (Å²) in [6.07, 6.45) is -4.20. The van der Waals surface area contributed by atoms with Crippen molar-refractivity contribution in [1.82, 2.24) is 20.6 Å². The Balaban J connectivity index is 0.916. The lowest BCUT2D eigenvalue weighted by atomic mass is 9.43. The SMILES string of the molecule is CC(=O)O[C@@]12CO[C@@H]1C[C@H](O)[C@@]1(C)C(=O)[C@H](C)C3=C(C)[C@@H](OC(=O)[C@H](OC(=O)C4CCCCC4C(=O)N(C)/N=C(\C)c4ccc(OCCCC(=O)NCCSSc5ccccn5)cc4)[C@@H](NC(=O)c4ccccc4)c4ccccc4)C[C@](O)([C@@H](OC(=O)c4ccccc4)[C@H]21)C3(C)C. The van der Waals surface area contributed by atoms with Gasteiger partial charge in [-0.2, -0.15) is 5.10 Å². The van der Waals surface area contributed by atoms with E-state index in [1.54, 1.807) is 166 Å². The van der Waals surface area contributed by atoms with E-state index in [1.165, 1.54) is 38.0 Å². The van der Waals surface area contributed by atoms with Crippen LogP contribution in [0.3, 0.4) is 0 Å². The molecule has 10 rings (SSSR count). The molecular formula is C74H85N5O16S2. The molecule has 0 radical (unpaired) electrons. The number of Topliss-reactive ketones (excluding diaryl/α,β-unsaturated/α-hetero) is 1. The molecule has 0 spiro atoms. The van der Waals surface area contributed by atoms with Crippen molar-refractivity contribution in [3.05, 3.63) is 173 Å². The number of aliphatic hydroxyl groups is 2. The predicted molar refractivity (Wildman–Crippen MR) is 362 cm³/mol. The number of fused-ring (bicyclic) bond motifs is 5. The summed E-state index contributed by atoms with van der Waals surface area (Å²) in [7, 11) is 4.68. The Hall–Kier alpha value is -8.22. The summed E-state index contributed by atoms with van der Waals surface area (Å²) in [6, 6.07) is 36.0. The molecule has 4 aromatic carbocycles. The standard InChI is InChI=1S/C74H85N5O16S2/c1-44-55(42-74(89)65(94-68(86)51-27-16-11-17-28-51)63-72(7,64(83)45(2)60(44)71(74,5)6)56(81)41-57-73(63,43-91-57)95-47(4)80)92-70(88)62(61(49-23-12-9-13-24-49)77-66(84)50-25-14-10-15-26-50)93-69(87)54-30-19-18-29-53(54)67(85)79(8)78-46(3)48-33-35-52(36-34-48)90-39-22-31-58(82)75-38-40-96-97-59-32-20-21-37-76-59/h9-17,20-21,23-28,32-37,45,53-57,61-63,65,81,89H,18-19,22,29-31,38-43H2,1-8H3,(H,75,82)(H,77,84)/b78-46+/t45-,53?,54?,55+,56+,57-,61+,62-,63+,65+,72-,73+,74+/m1/s1. The van der Waals surface area contributed by atoms with E-state index in [0.29, 0.717) is 72.6 Å². The molecule has 4 N–H and O–H groups in total. The molecule has 1 aliphatic heterocycles. The van der Waals surface area contributed by atoms with Crippen molar-refractivity contribution in [1.29, 1.82) is 0 Å². The zero-order valence-corrected chi connectivity index (χ0v) is 57.4. The number of esters is 4. The Morgan fingerprint density at radius 2 is 1.47 bits per heavy atom. The Labute approximate surface area is 573 Å². The van der Waals surface area contributed by atoms with E-state index in [9.17, 15) is 34.2 Å². The maximum absolute atomic E-state index is 15.9. The van der Waals surface area contributed by atoms with Crippen LogP contribution in [-0.4, -0.2) is 148 Å². The van der Waals surface area contributed by atoms with Gasteiger partial charge in [0.1, 0.15) is 46.5 Å². The number of aliphatic hydroxyl groups excluding tert-OH is 1. The summed E-state index contributed by atoms with van der Waals surface area (Å²) < 4.78 is 37.9. The monoisotopic (exact) mass is 1360 g/mol. The maximum atomic E-state index is 15.9. The number of benzene rings is 4. The van der Waals surface area contributed by atoms with Gasteiger partial charge in [-0.05, 0) is 134 Å². The van der Waals surface area contributed by atoms with Gasteiger partial charge in [-0.3, -0.25) is 28.8 Å². The third-order valence-electron chi connectivity index (χ3n) is 20.1. The minimum absolute atomic E-state index is 0.0621. The summed E-state index contributed by atoms with van der Waals surface area (Å²) in [5, 5.41) is 39.1. The summed E-state index contributed by atoms with van der Waals surface area (Å²) in [6.45, 7) is 11.7. The van der Waals surface area contributed by atoms with Gasteiger partial charge in [0.2, 0.25) is 17.9 Å². The number of hydrazone groups is 1. The first-order chi connectivity index (χ1) is 46.4. The van der Waals surface area contributed by atoms with Gasteiger partial charge in [0.05, 0.1) is 53.8 Å². The molecule has 2 unspecified atom stereocenters. The average Bonchev–Trinajstić information content (AvgIpc) is 0.671. The molecule has 3 saturated carbocycles. The van der Waals surface area contributed by atoms with E-state index in [4.69, 9.17) is 28.4 Å². The lowest BCUT2D eigenvalue weighted by Gasteiger charge is -2.67. The summed E-state index contributed by atoms with van der Waals surface area (Å²) in [5.74, 6) is -8.81. The van der Waals surface area contributed by atoms with Gasteiger partial charge in [-0.1, -0.05) is 117 Å². The van der Waals surface area contributed by atoms with Crippen LogP contribution in [0.4, 0.5) is 0 Å². The highest BCUT2D eigenvalue weighted by Gasteiger charge is 2.77. The smallest absolute Gasteiger partial charge is 0.350 e. The first kappa shape index (κ1) is 71.5. The Bertz CT molecular complexity index is 3750. The summed E-state index contributed by atoms with van der Waals surface area (Å²) in [4.78, 5) is 121. The molecule has 2 heterocycles. The molecule has 5 aromatic rings. The Morgan fingerprint density at radius 3 is 2.11 bits per heavy atom. The number of nitrogens with zero attached hydrogens (tertiary/aromatic N) is 3. The quantitative estimate of drug-likeness (QED) is 0.00850. The van der Waals surface area contributed by atoms with E-state index in [-0.39, 0.29) is 42.9 Å². The maximum Gasteiger partial charge on any atom is 0.350 e. The van der Waals surface area contributed by atoms with Gasteiger partial charge in [-0.25, -0.2) is 19.6 Å². The van der Waals surface area contributed by atoms with Gasteiger partial charge in [0, 0.05) is 68.6 Å². The van der Waals surface area contributed by atoms with Crippen molar-refractivity contribution in [2.24, 2.45) is 39.6 Å². The second kappa shape index (κ2) is 30.7. The van der Waals surface area contributed by atoms with E-state index in [2.05, 4.69) is 20.7 Å². The number of hydrogen-bond donors (Lipinski definition) is 4. The molecule has 2 bridgehead atoms. The van der Waals surface area contributed by atoms with Crippen molar-refractivity contribution in [2.45, 2.75) is 153 Å². The molecule has 23 heteroatoms. The van der Waals surface area contributed by atoms with Gasteiger partial charge in [0.25, 0.3) is 5.91 Å². The number of carbonyl (C=O) groups is 8. The molecule has 1 aromatic heterocycles. The van der Waals surface area contributed by atoms with Crippen molar-refractivity contribution in [2.75, 3.05) is 32.6 Å². The second-order valence-corrected chi connectivity index (χ2v) is 28.9. The lowest BCUT2D eigenvalue weighted by molar-refractivity contribution is -0.345. The third kappa shape index (κ3) is 15.1. The normalized spacial score (nSPS) is 27.1. The molecule has 4 fully saturated rings. The number of ketones is 1. The molecule has 97 heavy (non-hydrogen) atoms. The zero-order valence-electron chi connectivity index (χ0n) is 55.8. The Morgan fingerprint density at radius 1 is 0.825 bits per heavy atom. The highest BCUT2D eigenvalue weighted by Crippen LogP contribution is 2.65. The highest BCUT2D eigenvalue weighted by atomic mass is 33.1. The third-order valence-corrected chi connectivity index (χ3v) is 22.4. The lowest BCUT2D eigenvalue weighted by Crippen LogP contribution is -2.81. The largest absolute Gasteiger partial charge is 0.494 e. The van der Waals surface area contributed by atoms with E-state index >= 15 is 14.4 Å². The molecular weight excluding hydrogens is 1280 g/mol. The van der Waals surface area contributed by atoms with Crippen LogP contribution in [0.2, 0.25) is 0 Å². The number of ether oxygens (including phenoxy) is 6. The minimum atomic E-state index is -2.34. The van der Waals surface area contributed by atoms with Crippen molar-refractivity contribution >= 4 is 74.7 Å². The first-order valence-corrected chi connectivity index (χ1v) is 35.3. The van der Waals surface area contributed by atoms with Crippen molar-refractivity contribution in [3.63, 3.8) is 0 Å². The highest BCUT2D eigenvalue weighted by molar-refractivity contribution is 8.76. The molecule has 3 amide bonds. The van der Waals surface area contributed by atoms with Crippen LogP contribution in [0.25, 0.3) is 0 Å². The molecule has 5 aliphatic rings. The van der Waals surface area contributed by atoms with E-state index in [1.807, 2.05) is 18.2 Å². The number of rotatable bonds is 24. The number of amides is 3.